The molecule has 5 heteroatoms. The van der Waals surface area contributed by atoms with Crippen LogP contribution >= 0.6 is 11.6 Å². The molecule has 0 saturated heterocycles. The highest BCUT2D eigenvalue weighted by Gasteiger charge is 2.07. The summed E-state index contributed by atoms with van der Waals surface area (Å²) in [6.07, 6.45) is 0.128. The van der Waals surface area contributed by atoms with Gasteiger partial charge in [-0.1, -0.05) is 23.7 Å². The first kappa shape index (κ1) is 14.8. The first-order chi connectivity index (χ1) is 9.58. The predicted octanol–water partition coefficient (Wildman–Crippen LogP) is 3.73. The Bertz CT molecular complexity index is 588. The van der Waals surface area contributed by atoms with E-state index in [0.717, 1.165) is 17.0 Å². The third kappa shape index (κ3) is 3.92. The van der Waals surface area contributed by atoms with E-state index in [4.69, 9.17) is 21.1 Å². The normalized spacial score (nSPS) is 10.8. The minimum atomic E-state index is 0.128. The van der Waals surface area contributed by atoms with Gasteiger partial charge in [-0.05, 0) is 26.0 Å². The Labute approximate surface area is 123 Å². The fraction of sp³-hybridized carbons (Fsp3) is 0.333. The molecule has 0 aliphatic carbocycles. The lowest BCUT2D eigenvalue weighted by Gasteiger charge is -2.11. The molecule has 0 spiro atoms. The number of benzene rings is 1. The van der Waals surface area contributed by atoms with Crippen molar-refractivity contribution in [3.63, 3.8) is 0 Å². The number of ether oxygens (including phenoxy) is 2. The topological polar surface area (TPSA) is 44.2 Å². The van der Waals surface area contributed by atoms with Crippen molar-refractivity contribution < 1.29 is 9.47 Å². The lowest BCUT2D eigenvalue weighted by molar-refractivity contribution is 0.178. The lowest BCUT2D eigenvalue weighted by atomic mass is 10.1. The van der Waals surface area contributed by atoms with E-state index in [0.29, 0.717) is 17.6 Å². The van der Waals surface area contributed by atoms with Crippen LogP contribution in [0.25, 0.3) is 11.3 Å². The van der Waals surface area contributed by atoms with Gasteiger partial charge in [0.25, 0.3) is 0 Å². The molecular weight excluding hydrogens is 276 g/mol. The van der Waals surface area contributed by atoms with Gasteiger partial charge in [0.2, 0.25) is 0 Å². The minimum Gasteiger partial charge on any atom is -0.491 e. The van der Waals surface area contributed by atoms with Crippen molar-refractivity contribution in [1.82, 2.24) is 9.97 Å². The Balaban J connectivity index is 2.35. The fourth-order valence-electron chi connectivity index (χ4n) is 1.81. The molecule has 0 aliphatic rings. The quantitative estimate of drug-likeness (QED) is 0.788. The largest absolute Gasteiger partial charge is 0.491 e. The van der Waals surface area contributed by atoms with E-state index in [9.17, 15) is 0 Å². The molecule has 0 aliphatic heterocycles. The molecule has 1 aromatic heterocycles. The minimum absolute atomic E-state index is 0.128. The Morgan fingerprint density at radius 1 is 1.20 bits per heavy atom. The van der Waals surface area contributed by atoms with Gasteiger partial charge >= 0.3 is 0 Å². The van der Waals surface area contributed by atoms with Crippen molar-refractivity contribution in [2.24, 2.45) is 0 Å². The summed E-state index contributed by atoms with van der Waals surface area (Å²) in [6, 6.07) is 9.48. The van der Waals surface area contributed by atoms with Gasteiger partial charge in [0.05, 0.1) is 11.8 Å². The van der Waals surface area contributed by atoms with Crippen molar-refractivity contribution in [1.29, 1.82) is 0 Å². The summed E-state index contributed by atoms with van der Waals surface area (Å²) in [5.41, 5.74) is 1.69. The van der Waals surface area contributed by atoms with Crippen molar-refractivity contribution in [3.05, 3.63) is 41.3 Å². The number of rotatable bonds is 5. The molecule has 0 radical (unpaired) electrons. The van der Waals surface area contributed by atoms with Gasteiger partial charge in [0.15, 0.2) is 5.82 Å². The second-order valence-corrected chi connectivity index (χ2v) is 5.01. The SMILES string of the molecule is COCc1nc(Cl)cc(-c2cccc(OC(C)C)c2)n1. The zero-order valence-electron chi connectivity index (χ0n) is 11.8. The molecule has 106 valence electrons. The molecule has 0 amide bonds. The molecule has 0 N–H and O–H groups in total. The number of hydrogen-bond donors (Lipinski definition) is 0. The smallest absolute Gasteiger partial charge is 0.156 e. The Hall–Kier alpha value is -1.65. The van der Waals surface area contributed by atoms with Crippen molar-refractivity contribution >= 4 is 11.6 Å². The van der Waals surface area contributed by atoms with Gasteiger partial charge in [-0.25, -0.2) is 9.97 Å². The number of halogens is 1. The van der Waals surface area contributed by atoms with Crippen LogP contribution in [0.5, 0.6) is 5.75 Å². The maximum absolute atomic E-state index is 6.02. The van der Waals surface area contributed by atoms with Crippen LogP contribution in [0.15, 0.2) is 30.3 Å². The molecule has 2 rings (SSSR count). The highest BCUT2D eigenvalue weighted by molar-refractivity contribution is 6.29. The van der Waals surface area contributed by atoms with Crippen LogP contribution in [-0.4, -0.2) is 23.2 Å². The highest BCUT2D eigenvalue weighted by Crippen LogP contribution is 2.24. The second-order valence-electron chi connectivity index (χ2n) is 4.62. The third-order valence-electron chi connectivity index (χ3n) is 2.52. The summed E-state index contributed by atoms with van der Waals surface area (Å²) in [4.78, 5) is 8.56. The molecular formula is C15H17ClN2O2. The molecule has 0 fully saturated rings. The summed E-state index contributed by atoms with van der Waals surface area (Å²) in [7, 11) is 1.60. The molecule has 1 aromatic carbocycles. The van der Waals surface area contributed by atoms with Crippen LogP contribution in [-0.2, 0) is 11.3 Å². The summed E-state index contributed by atoms with van der Waals surface area (Å²) in [5, 5.41) is 0.400. The van der Waals surface area contributed by atoms with Gasteiger partial charge in [-0.2, -0.15) is 0 Å². The Kier molecular flexibility index (Phi) is 4.93. The van der Waals surface area contributed by atoms with Crippen molar-refractivity contribution in [3.8, 4) is 17.0 Å². The number of nitrogens with zero attached hydrogens (tertiary/aromatic N) is 2. The lowest BCUT2D eigenvalue weighted by Crippen LogP contribution is -2.05. The number of methoxy groups -OCH3 is 1. The average molecular weight is 293 g/mol. The highest BCUT2D eigenvalue weighted by atomic mass is 35.5. The maximum atomic E-state index is 6.02. The zero-order valence-corrected chi connectivity index (χ0v) is 12.5. The average Bonchev–Trinajstić information content (AvgIpc) is 2.38. The van der Waals surface area contributed by atoms with Crippen molar-refractivity contribution in [2.75, 3.05) is 7.11 Å². The van der Waals surface area contributed by atoms with E-state index in [1.807, 2.05) is 38.1 Å². The van der Waals surface area contributed by atoms with E-state index in [1.54, 1.807) is 13.2 Å². The van der Waals surface area contributed by atoms with Gasteiger partial charge < -0.3 is 9.47 Å². The molecule has 1 heterocycles. The van der Waals surface area contributed by atoms with Crippen LogP contribution < -0.4 is 4.74 Å². The molecule has 0 unspecified atom stereocenters. The maximum Gasteiger partial charge on any atom is 0.156 e. The first-order valence-electron chi connectivity index (χ1n) is 6.38. The third-order valence-corrected chi connectivity index (χ3v) is 2.71. The molecule has 4 nitrogen and oxygen atoms in total. The number of aromatic nitrogens is 2. The molecule has 0 bridgehead atoms. The van der Waals surface area contributed by atoms with Crippen LogP contribution in [0.2, 0.25) is 5.15 Å². The van der Waals surface area contributed by atoms with Gasteiger partial charge in [-0.15, -0.1) is 0 Å². The Morgan fingerprint density at radius 2 is 2.00 bits per heavy atom. The van der Waals surface area contributed by atoms with E-state index in [1.165, 1.54) is 0 Å². The first-order valence-corrected chi connectivity index (χ1v) is 6.76. The van der Waals surface area contributed by atoms with Gasteiger partial charge in [0, 0.05) is 18.7 Å². The van der Waals surface area contributed by atoms with E-state index in [-0.39, 0.29) is 6.10 Å². The monoisotopic (exact) mass is 292 g/mol. The summed E-state index contributed by atoms with van der Waals surface area (Å²) >= 11 is 6.02. The summed E-state index contributed by atoms with van der Waals surface area (Å²) in [5.74, 6) is 1.37. The van der Waals surface area contributed by atoms with E-state index in [2.05, 4.69) is 9.97 Å². The molecule has 0 atom stereocenters. The predicted molar refractivity (Wildman–Crippen MR) is 79.0 cm³/mol. The molecule has 20 heavy (non-hydrogen) atoms. The van der Waals surface area contributed by atoms with E-state index >= 15 is 0 Å². The molecule has 2 aromatic rings. The zero-order chi connectivity index (χ0) is 14.5. The van der Waals surface area contributed by atoms with Gasteiger partial charge in [0.1, 0.15) is 17.5 Å². The molecule has 0 saturated carbocycles. The van der Waals surface area contributed by atoms with Gasteiger partial charge in [-0.3, -0.25) is 0 Å². The number of hydrogen-bond acceptors (Lipinski definition) is 4. The van der Waals surface area contributed by atoms with Crippen molar-refractivity contribution in [2.45, 2.75) is 26.6 Å². The van der Waals surface area contributed by atoms with Crippen LogP contribution in [0.3, 0.4) is 0 Å². The fourth-order valence-corrected chi connectivity index (χ4v) is 2.01. The van der Waals surface area contributed by atoms with E-state index < -0.39 is 0 Å². The standard InChI is InChI=1S/C15H17ClN2O2/c1-10(2)20-12-6-4-5-11(7-12)13-8-14(16)18-15(17-13)9-19-3/h4-8,10H,9H2,1-3H3. The van der Waals surface area contributed by atoms with Crippen LogP contribution in [0.1, 0.15) is 19.7 Å². The Morgan fingerprint density at radius 3 is 2.70 bits per heavy atom. The van der Waals surface area contributed by atoms with Crippen LogP contribution in [0, 0.1) is 0 Å². The summed E-state index contributed by atoms with van der Waals surface area (Å²) < 4.78 is 10.7. The summed E-state index contributed by atoms with van der Waals surface area (Å²) in [6.45, 7) is 4.31. The van der Waals surface area contributed by atoms with Crippen LogP contribution in [0.4, 0.5) is 0 Å². The second kappa shape index (κ2) is 6.68.